The number of aromatic amines is 1. The molecular formula is C58H73FN12O5S. The normalized spacial score (nSPS) is 16.6. The Morgan fingerprint density at radius 1 is 0.818 bits per heavy atom. The molecule has 19 heteroatoms. The topological polar surface area (TPSA) is 203 Å². The van der Waals surface area contributed by atoms with Crippen molar-refractivity contribution in [2.24, 2.45) is 5.41 Å². The summed E-state index contributed by atoms with van der Waals surface area (Å²) in [6.07, 6.45) is 18.9. The van der Waals surface area contributed by atoms with Gasteiger partial charge in [-0.1, -0.05) is 83.6 Å². The monoisotopic (exact) mass is 1070 g/mol. The number of anilines is 2. The molecule has 2 saturated heterocycles. The van der Waals surface area contributed by atoms with Crippen molar-refractivity contribution in [3.8, 4) is 21.7 Å². The number of imidazole rings is 1. The zero-order chi connectivity index (χ0) is 54.2. The standard InChI is InChI=1S/C58H73FN12O5S/c1-37(39-18-22-41(23-19-39)51-38(2)61-36-77-51)64-55(74)47-15-14-26-70(47)57(76)52(58(3,4)5)67-49(72)16-12-10-8-6-7-9-11-13-17-50(73)68-27-29-69(30-28-68)56(75)42-24-25-45(44(59)31-42)65-53-54-60-34-48(43-32-62-63-33-43)71(54)35-46(66-53)40-20-21-40/h18-19,22-25,31-37,40,47,52H,6-17,20-21,26-30H2,1-5H3,(H,62,63)(H,64,74)(H,65,66)(H,67,72)/t37-,47-,52+/m0/s1. The van der Waals surface area contributed by atoms with Gasteiger partial charge in [0.05, 0.1) is 51.6 Å². The molecule has 6 heterocycles. The van der Waals surface area contributed by atoms with Crippen LogP contribution in [0, 0.1) is 18.2 Å². The quantitative estimate of drug-likeness (QED) is 0.0474. The van der Waals surface area contributed by atoms with E-state index in [1.165, 1.54) is 6.07 Å². The number of H-pyrrole nitrogens is 1. The first kappa shape index (κ1) is 54.8. The van der Waals surface area contributed by atoms with E-state index in [0.29, 0.717) is 69.4 Å². The maximum Gasteiger partial charge on any atom is 0.254 e. The van der Waals surface area contributed by atoms with Crippen LogP contribution in [0.1, 0.15) is 157 Å². The van der Waals surface area contributed by atoms with E-state index in [2.05, 4.69) is 36.1 Å². The summed E-state index contributed by atoms with van der Waals surface area (Å²) >= 11 is 1.60. The minimum atomic E-state index is -0.756. The molecule has 0 unspecified atom stereocenters. The number of fused-ring (bicyclic) bond motifs is 1. The molecule has 0 spiro atoms. The summed E-state index contributed by atoms with van der Waals surface area (Å²) in [6.45, 7) is 11.9. The maximum atomic E-state index is 15.7. The number of halogens is 1. The minimum absolute atomic E-state index is 0.0895. The number of unbranched alkanes of at least 4 members (excludes halogenated alkanes) is 7. The number of nitrogens with one attached hydrogen (secondary N) is 4. The van der Waals surface area contributed by atoms with Crippen LogP contribution in [-0.4, -0.2) is 119 Å². The highest BCUT2D eigenvalue weighted by Gasteiger charge is 2.42. The fourth-order valence-electron chi connectivity index (χ4n) is 10.5. The van der Waals surface area contributed by atoms with Crippen LogP contribution in [0.15, 0.2) is 72.8 Å². The van der Waals surface area contributed by atoms with Gasteiger partial charge >= 0.3 is 0 Å². The number of likely N-dealkylation sites (tertiary alicyclic amines) is 1. The highest BCUT2D eigenvalue weighted by molar-refractivity contribution is 7.13. The lowest BCUT2D eigenvalue weighted by atomic mass is 9.85. The first-order valence-corrected chi connectivity index (χ1v) is 28.4. The molecular weight excluding hydrogens is 996 g/mol. The molecule has 5 amide bonds. The van der Waals surface area contributed by atoms with E-state index in [9.17, 15) is 24.0 Å². The summed E-state index contributed by atoms with van der Waals surface area (Å²) in [5.41, 5.74) is 7.94. The second-order valence-electron chi connectivity index (χ2n) is 22.1. The highest BCUT2D eigenvalue weighted by Crippen LogP contribution is 2.41. The molecule has 17 nitrogen and oxygen atoms in total. The van der Waals surface area contributed by atoms with Crippen molar-refractivity contribution >= 4 is 58.0 Å². The third-order valence-corrected chi connectivity index (χ3v) is 16.2. The SMILES string of the molecule is Cc1ncsc1-c1ccc([C@H](C)NC(=O)[C@@H]2CCCN2C(=O)[C@@H](NC(=O)CCCCCCCCCCC(=O)N2CCN(C(=O)c3ccc(Nc4nc(C5CC5)cn5c(-c6cn[nH]c6)cnc45)c(F)c3)CC2)C(C)(C)C)cc1. The van der Waals surface area contributed by atoms with Crippen LogP contribution in [0.4, 0.5) is 15.9 Å². The van der Waals surface area contributed by atoms with Crippen LogP contribution in [-0.2, 0) is 19.2 Å². The van der Waals surface area contributed by atoms with Gasteiger partial charge in [-0.3, -0.25) is 33.5 Å². The lowest BCUT2D eigenvalue weighted by Crippen LogP contribution is -2.57. The van der Waals surface area contributed by atoms with E-state index < -0.39 is 23.3 Å². The summed E-state index contributed by atoms with van der Waals surface area (Å²) in [5.74, 6) is -0.541. The number of thiazole rings is 1. The number of piperazine rings is 1. The van der Waals surface area contributed by atoms with Gasteiger partial charge in [0.15, 0.2) is 11.5 Å². The Bertz CT molecular complexity index is 3030. The number of aromatic nitrogens is 6. The van der Waals surface area contributed by atoms with Gasteiger partial charge in [-0.15, -0.1) is 11.3 Å². The van der Waals surface area contributed by atoms with Gasteiger partial charge in [0.25, 0.3) is 5.91 Å². The van der Waals surface area contributed by atoms with Gasteiger partial charge in [-0.05, 0) is 87.1 Å². The van der Waals surface area contributed by atoms with Crippen LogP contribution in [0.25, 0.3) is 27.3 Å². The van der Waals surface area contributed by atoms with Gasteiger partial charge in [-0.25, -0.2) is 19.3 Å². The number of hydrogen-bond donors (Lipinski definition) is 4. The summed E-state index contributed by atoms with van der Waals surface area (Å²) < 4.78 is 17.6. The van der Waals surface area contributed by atoms with Gasteiger partial charge in [0.1, 0.15) is 17.9 Å². The lowest BCUT2D eigenvalue weighted by Gasteiger charge is -2.35. The molecule has 3 aliphatic rings. The van der Waals surface area contributed by atoms with Crippen LogP contribution >= 0.6 is 11.3 Å². The van der Waals surface area contributed by atoms with E-state index in [1.807, 2.05) is 79.9 Å². The van der Waals surface area contributed by atoms with Crippen LogP contribution in [0.5, 0.6) is 0 Å². The molecule has 0 bridgehead atoms. The zero-order valence-electron chi connectivity index (χ0n) is 45.1. The smallest absolute Gasteiger partial charge is 0.254 e. The summed E-state index contributed by atoms with van der Waals surface area (Å²) in [5, 5.41) is 16.2. The van der Waals surface area contributed by atoms with Gasteiger partial charge in [0, 0.05) is 75.0 Å². The Morgan fingerprint density at radius 3 is 2.17 bits per heavy atom. The van der Waals surface area contributed by atoms with E-state index in [-0.39, 0.29) is 46.8 Å². The molecule has 9 rings (SSSR count). The zero-order valence-corrected chi connectivity index (χ0v) is 45.9. The largest absolute Gasteiger partial charge is 0.348 e. The van der Waals surface area contributed by atoms with Crippen molar-refractivity contribution in [2.75, 3.05) is 38.0 Å². The highest BCUT2D eigenvalue weighted by atomic mass is 32.1. The number of amides is 5. The second-order valence-corrected chi connectivity index (χ2v) is 23.0. The second kappa shape index (κ2) is 24.5. The molecule has 4 N–H and O–H groups in total. The maximum absolute atomic E-state index is 15.7. The Hall–Kier alpha value is -7.02. The summed E-state index contributed by atoms with van der Waals surface area (Å²) in [7, 11) is 0. The number of rotatable bonds is 22. The molecule has 3 fully saturated rings. The third-order valence-electron chi connectivity index (χ3n) is 15.3. The Balaban J connectivity index is 0.636. The molecule has 1 saturated carbocycles. The molecule has 1 aliphatic carbocycles. The summed E-state index contributed by atoms with van der Waals surface area (Å²) in [4.78, 5) is 87.6. The number of benzene rings is 2. The first-order valence-electron chi connectivity index (χ1n) is 27.5. The Morgan fingerprint density at radius 2 is 1.52 bits per heavy atom. The van der Waals surface area contributed by atoms with E-state index >= 15 is 4.39 Å². The van der Waals surface area contributed by atoms with E-state index in [1.54, 1.807) is 51.9 Å². The van der Waals surface area contributed by atoms with E-state index in [4.69, 9.17) is 4.98 Å². The van der Waals surface area contributed by atoms with Crippen molar-refractivity contribution in [3.63, 3.8) is 0 Å². The van der Waals surface area contributed by atoms with Crippen molar-refractivity contribution in [1.82, 2.24) is 54.9 Å². The molecule has 0 radical (unpaired) electrons. The van der Waals surface area contributed by atoms with Crippen LogP contribution < -0.4 is 16.0 Å². The first-order chi connectivity index (χ1) is 37.1. The fraction of sp³-hybridized carbons (Fsp3) is 0.500. The lowest BCUT2D eigenvalue weighted by molar-refractivity contribution is -0.144. The third kappa shape index (κ3) is 13.4. The molecule has 408 valence electrons. The number of carbonyl (C=O) groups is 5. The fourth-order valence-corrected chi connectivity index (χ4v) is 11.3. The Labute approximate surface area is 454 Å². The van der Waals surface area contributed by atoms with Crippen molar-refractivity contribution in [3.05, 3.63) is 101 Å². The molecule has 4 aromatic heterocycles. The summed E-state index contributed by atoms with van der Waals surface area (Å²) in [6, 6.07) is 11.0. The molecule has 2 aromatic carbocycles. The molecule has 6 aromatic rings. The van der Waals surface area contributed by atoms with Crippen LogP contribution in [0.3, 0.4) is 0 Å². The number of aryl methyl sites for hydroxylation is 1. The molecule has 77 heavy (non-hydrogen) atoms. The van der Waals surface area contributed by atoms with Crippen molar-refractivity contribution in [2.45, 2.75) is 149 Å². The van der Waals surface area contributed by atoms with E-state index in [0.717, 1.165) is 109 Å². The predicted molar refractivity (Wildman–Crippen MR) is 296 cm³/mol. The van der Waals surface area contributed by atoms with Crippen molar-refractivity contribution < 1.29 is 28.4 Å². The number of carbonyl (C=O) groups excluding carboxylic acids is 5. The van der Waals surface area contributed by atoms with Gasteiger partial charge < -0.3 is 30.7 Å². The number of nitrogens with zero attached hydrogens (tertiary/aromatic N) is 8. The average Bonchev–Trinajstić information content (AvgIpc) is 3.84. The molecule has 2 aliphatic heterocycles. The molecule has 3 atom stereocenters. The number of hydrogen-bond acceptors (Lipinski definition) is 11. The average molecular weight is 1070 g/mol. The van der Waals surface area contributed by atoms with Gasteiger partial charge in [-0.2, -0.15) is 5.10 Å². The Kier molecular flexibility index (Phi) is 17.4. The van der Waals surface area contributed by atoms with Crippen LogP contribution in [0.2, 0.25) is 0 Å². The van der Waals surface area contributed by atoms with Gasteiger partial charge in [0.2, 0.25) is 23.6 Å². The predicted octanol–water partition coefficient (Wildman–Crippen LogP) is 9.90. The minimum Gasteiger partial charge on any atom is -0.348 e. The van der Waals surface area contributed by atoms with Crippen molar-refractivity contribution in [1.29, 1.82) is 0 Å².